The molecule has 2 aliphatic heterocycles. The van der Waals surface area contributed by atoms with Crippen LogP contribution in [0.5, 0.6) is 0 Å². The van der Waals surface area contributed by atoms with Gasteiger partial charge in [-0.05, 0) is 61.7 Å². The van der Waals surface area contributed by atoms with E-state index in [2.05, 4.69) is 10.2 Å². The Morgan fingerprint density at radius 2 is 1.79 bits per heavy atom. The minimum absolute atomic E-state index is 0.0115. The van der Waals surface area contributed by atoms with Gasteiger partial charge < -0.3 is 15.1 Å². The number of halogens is 1. The van der Waals surface area contributed by atoms with Gasteiger partial charge in [0.25, 0.3) is 5.91 Å². The van der Waals surface area contributed by atoms with Crippen LogP contribution in [-0.2, 0) is 14.6 Å². The fourth-order valence-corrected chi connectivity index (χ4v) is 5.45. The van der Waals surface area contributed by atoms with E-state index in [0.717, 1.165) is 38.0 Å². The van der Waals surface area contributed by atoms with Crippen molar-refractivity contribution < 1.29 is 18.0 Å². The van der Waals surface area contributed by atoms with Gasteiger partial charge in [0.05, 0.1) is 21.9 Å². The zero-order valence-corrected chi connectivity index (χ0v) is 20.2. The Hall–Kier alpha value is -2.58. The van der Waals surface area contributed by atoms with Crippen LogP contribution in [-0.4, -0.2) is 51.7 Å². The summed E-state index contributed by atoms with van der Waals surface area (Å²) < 4.78 is 24.0. The number of amides is 2. The normalized spacial score (nSPS) is 17.5. The van der Waals surface area contributed by atoms with Crippen LogP contribution in [0, 0.1) is 0 Å². The number of piperidine rings is 1. The molecule has 9 heteroatoms. The number of hydrogen-bond acceptors (Lipinski definition) is 5. The van der Waals surface area contributed by atoms with Crippen LogP contribution in [0.4, 0.5) is 11.4 Å². The van der Waals surface area contributed by atoms with Crippen molar-refractivity contribution >= 4 is 44.6 Å². The Morgan fingerprint density at radius 1 is 1.09 bits per heavy atom. The van der Waals surface area contributed by atoms with E-state index in [1.54, 1.807) is 42.2 Å². The van der Waals surface area contributed by atoms with Crippen LogP contribution in [0.2, 0.25) is 5.02 Å². The summed E-state index contributed by atoms with van der Waals surface area (Å²) in [6.45, 7) is 3.74. The third-order valence-corrected chi connectivity index (χ3v) is 8.33. The van der Waals surface area contributed by atoms with Crippen molar-refractivity contribution in [2.45, 2.75) is 43.5 Å². The highest BCUT2D eigenvalue weighted by Crippen LogP contribution is 2.29. The molecule has 33 heavy (non-hydrogen) atoms. The van der Waals surface area contributed by atoms with E-state index in [1.165, 1.54) is 0 Å². The van der Waals surface area contributed by atoms with Gasteiger partial charge in [0.1, 0.15) is 0 Å². The average molecular weight is 490 g/mol. The summed E-state index contributed by atoms with van der Waals surface area (Å²) in [5.41, 5.74) is 2.01. The monoisotopic (exact) mass is 489 g/mol. The first-order chi connectivity index (χ1) is 15.8. The Kier molecular flexibility index (Phi) is 6.95. The summed E-state index contributed by atoms with van der Waals surface area (Å²) in [4.78, 5) is 29.5. The Balaban J connectivity index is 1.39. The molecule has 2 saturated heterocycles. The van der Waals surface area contributed by atoms with Crippen molar-refractivity contribution in [1.82, 2.24) is 5.32 Å². The van der Waals surface area contributed by atoms with Gasteiger partial charge in [-0.1, -0.05) is 18.5 Å². The van der Waals surface area contributed by atoms with Gasteiger partial charge in [-0.15, -0.1) is 0 Å². The third kappa shape index (κ3) is 5.17. The number of nitrogens with zero attached hydrogens (tertiary/aromatic N) is 2. The fourth-order valence-electron chi connectivity index (χ4n) is 4.40. The van der Waals surface area contributed by atoms with Gasteiger partial charge in [-0.2, -0.15) is 0 Å². The van der Waals surface area contributed by atoms with Crippen molar-refractivity contribution in [3.63, 3.8) is 0 Å². The quantitative estimate of drug-likeness (QED) is 0.669. The molecular weight excluding hydrogens is 462 g/mol. The molecule has 0 atom stereocenters. The minimum atomic E-state index is -3.21. The number of nitrogens with one attached hydrogen (secondary N) is 1. The smallest absolute Gasteiger partial charge is 0.253 e. The summed E-state index contributed by atoms with van der Waals surface area (Å²) >= 11 is 6.15. The molecule has 176 valence electrons. The lowest BCUT2D eigenvalue weighted by Crippen LogP contribution is -2.45. The summed E-state index contributed by atoms with van der Waals surface area (Å²) in [5.74, 6) is -0.107. The molecule has 0 saturated carbocycles. The molecule has 2 fully saturated rings. The van der Waals surface area contributed by atoms with E-state index >= 15 is 0 Å². The summed E-state index contributed by atoms with van der Waals surface area (Å²) in [6.07, 6.45) is 2.80. The summed E-state index contributed by atoms with van der Waals surface area (Å²) in [6, 6.07) is 12.1. The van der Waals surface area contributed by atoms with Gasteiger partial charge in [-0.25, -0.2) is 8.42 Å². The zero-order valence-electron chi connectivity index (χ0n) is 18.6. The maximum Gasteiger partial charge on any atom is 0.253 e. The largest absolute Gasteiger partial charge is 0.371 e. The predicted molar refractivity (Wildman–Crippen MR) is 130 cm³/mol. The van der Waals surface area contributed by atoms with Crippen LogP contribution in [0.25, 0.3) is 0 Å². The Bertz CT molecular complexity index is 1140. The van der Waals surface area contributed by atoms with Crippen LogP contribution < -0.4 is 15.1 Å². The summed E-state index contributed by atoms with van der Waals surface area (Å²) in [7, 11) is -3.21. The minimum Gasteiger partial charge on any atom is -0.371 e. The van der Waals surface area contributed by atoms with Crippen molar-refractivity contribution in [3.8, 4) is 0 Å². The molecule has 0 spiro atoms. The average Bonchev–Trinajstić information content (AvgIpc) is 3.25. The molecule has 0 radical (unpaired) electrons. The lowest BCUT2D eigenvalue weighted by molar-refractivity contribution is -0.117. The molecule has 4 rings (SSSR count). The van der Waals surface area contributed by atoms with E-state index < -0.39 is 9.84 Å². The molecule has 2 aromatic carbocycles. The number of hydrogen-bond donors (Lipinski definition) is 1. The standard InChI is InChI=1S/C24H28ClN3O4S/c1-2-33(31,32)20-8-6-19(7-9-20)27-14-11-18(12-15-27)26-24(30)21-10-5-17(25)16-22(21)28-13-3-4-23(28)29/h5-10,16,18H,2-4,11-15H2,1H3,(H,26,30). The Labute approximate surface area is 199 Å². The van der Waals surface area contributed by atoms with Gasteiger partial charge in [0, 0.05) is 42.8 Å². The van der Waals surface area contributed by atoms with Crippen molar-refractivity contribution in [2.24, 2.45) is 0 Å². The van der Waals surface area contributed by atoms with E-state index in [-0.39, 0.29) is 23.6 Å². The molecule has 2 aromatic rings. The number of carbonyl (C=O) groups excluding carboxylic acids is 2. The van der Waals surface area contributed by atoms with Crippen LogP contribution in [0.1, 0.15) is 43.0 Å². The zero-order chi connectivity index (χ0) is 23.6. The van der Waals surface area contributed by atoms with Crippen molar-refractivity contribution in [1.29, 1.82) is 0 Å². The molecule has 0 unspecified atom stereocenters. The maximum absolute atomic E-state index is 13.1. The third-order valence-electron chi connectivity index (χ3n) is 6.34. The topological polar surface area (TPSA) is 86.8 Å². The van der Waals surface area contributed by atoms with Gasteiger partial charge in [0.15, 0.2) is 9.84 Å². The number of anilines is 2. The van der Waals surface area contributed by atoms with Gasteiger partial charge >= 0.3 is 0 Å². The number of benzene rings is 2. The first-order valence-corrected chi connectivity index (χ1v) is 13.3. The van der Waals surface area contributed by atoms with Crippen molar-refractivity contribution in [3.05, 3.63) is 53.1 Å². The highest BCUT2D eigenvalue weighted by Gasteiger charge is 2.28. The van der Waals surface area contributed by atoms with Crippen LogP contribution in [0.15, 0.2) is 47.4 Å². The molecule has 7 nitrogen and oxygen atoms in total. The van der Waals surface area contributed by atoms with Crippen molar-refractivity contribution in [2.75, 3.05) is 35.2 Å². The molecular formula is C24H28ClN3O4S. The highest BCUT2D eigenvalue weighted by atomic mass is 35.5. The number of sulfone groups is 1. The van der Waals surface area contributed by atoms with Crippen LogP contribution in [0.3, 0.4) is 0 Å². The molecule has 0 bridgehead atoms. The summed E-state index contributed by atoms with van der Waals surface area (Å²) in [5, 5.41) is 3.61. The molecule has 2 aliphatic rings. The van der Waals surface area contributed by atoms with Gasteiger partial charge in [-0.3, -0.25) is 9.59 Å². The van der Waals surface area contributed by atoms with E-state index in [9.17, 15) is 18.0 Å². The second kappa shape index (κ2) is 9.73. The number of rotatable bonds is 6. The first-order valence-electron chi connectivity index (χ1n) is 11.3. The first kappa shape index (κ1) is 23.6. The predicted octanol–water partition coefficient (Wildman–Crippen LogP) is 3.66. The fraction of sp³-hybridized carbons (Fsp3) is 0.417. The lowest BCUT2D eigenvalue weighted by Gasteiger charge is -2.34. The van der Waals surface area contributed by atoms with E-state index in [4.69, 9.17) is 11.6 Å². The highest BCUT2D eigenvalue weighted by molar-refractivity contribution is 7.91. The second-order valence-electron chi connectivity index (χ2n) is 8.44. The van der Waals surface area contributed by atoms with Crippen LogP contribution >= 0.6 is 11.6 Å². The molecule has 0 aliphatic carbocycles. The molecule has 0 aromatic heterocycles. The second-order valence-corrected chi connectivity index (χ2v) is 11.2. The Morgan fingerprint density at radius 3 is 2.39 bits per heavy atom. The number of carbonyl (C=O) groups is 2. The van der Waals surface area contributed by atoms with E-state index in [0.29, 0.717) is 34.1 Å². The molecule has 1 N–H and O–H groups in total. The van der Waals surface area contributed by atoms with Gasteiger partial charge in [0.2, 0.25) is 5.91 Å². The van der Waals surface area contributed by atoms with E-state index in [1.807, 2.05) is 12.1 Å². The molecule has 2 amide bonds. The molecule has 2 heterocycles. The maximum atomic E-state index is 13.1. The SMILES string of the molecule is CCS(=O)(=O)c1ccc(N2CCC(NC(=O)c3ccc(Cl)cc3N3CCCC3=O)CC2)cc1. The lowest BCUT2D eigenvalue weighted by atomic mass is 10.0.